The molecule has 0 aliphatic carbocycles. The zero-order valence-corrected chi connectivity index (χ0v) is 19.5. The maximum Gasteiger partial charge on any atom is 0.325 e. The average Bonchev–Trinajstić information content (AvgIpc) is 3.56. The van der Waals surface area contributed by atoms with Crippen molar-refractivity contribution in [3.8, 4) is 11.5 Å². The second-order valence-corrected chi connectivity index (χ2v) is 9.03. The molecule has 186 valence electrons. The Morgan fingerprint density at radius 2 is 1.92 bits per heavy atom. The molecule has 2 aromatic carbocycles. The van der Waals surface area contributed by atoms with Crippen molar-refractivity contribution in [2.75, 3.05) is 6.61 Å². The number of benzene rings is 2. The lowest BCUT2D eigenvalue weighted by molar-refractivity contribution is -0.151. The van der Waals surface area contributed by atoms with E-state index in [4.69, 9.17) is 4.74 Å². The number of nitrogens with zero attached hydrogens (tertiary/aromatic N) is 2. The van der Waals surface area contributed by atoms with Gasteiger partial charge in [-0.1, -0.05) is 42.5 Å². The van der Waals surface area contributed by atoms with Gasteiger partial charge in [-0.15, -0.1) is 0 Å². The van der Waals surface area contributed by atoms with Crippen molar-refractivity contribution in [1.29, 1.82) is 0 Å². The van der Waals surface area contributed by atoms with Crippen molar-refractivity contribution in [2.24, 2.45) is 11.8 Å². The lowest BCUT2D eigenvalue weighted by Gasteiger charge is -2.31. The Morgan fingerprint density at radius 3 is 2.58 bits per heavy atom. The Morgan fingerprint density at radius 1 is 1.14 bits per heavy atom. The van der Waals surface area contributed by atoms with Crippen LogP contribution in [0.4, 0.5) is 0 Å². The van der Waals surface area contributed by atoms with Gasteiger partial charge in [0, 0.05) is 29.9 Å². The summed E-state index contributed by atoms with van der Waals surface area (Å²) in [7, 11) is 0. The van der Waals surface area contributed by atoms with Crippen LogP contribution < -0.4 is 10.1 Å². The number of imide groups is 1. The van der Waals surface area contributed by atoms with Crippen molar-refractivity contribution < 1.29 is 29.3 Å². The minimum atomic E-state index is -1.81. The lowest BCUT2D eigenvalue weighted by atomic mass is 9.77. The number of likely N-dealkylation sites (tertiary alicyclic amines) is 1. The van der Waals surface area contributed by atoms with E-state index in [9.17, 15) is 24.6 Å². The van der Waals surface area contributed by atoms with E-state index in [1.807, 2.05) is 18.2 Å². The first kappa shape index (κ1) is 23.6. The monoisotopic (exact) mass is 490 g/mol. The predicted molar refractivity (Wildman–Crippen MR) is 127 cm³/mol. The lowest BCUT2D eigenvalue weighted by Crippen LogP contribution is -2.57. The van der Waals surface area contributed by atoms with Crippen molar-refractivity contribution in [3.63, 3.8) is 0 Å². The molecular formula is C26H26N4O6. The predicted octanol–water partition coefficient (Wildman–Crippen LogP) is 2.03. The van der Waals surface area contributed by atoms with E-state index >= 15 is 0 Å². The Labute approximate surface area is 206 Å². The fourth-order valence-electron chi connectivity index (χ4n) is 5.43. The molecule has 5 rings (SSSR count). The van der Waals surface area contributed by atoms with Crippen molar-refractivity contribution in [2.45, 2.75) is 31.5 Å². The highest BCUT2D eigenvalue weighted by Gasteiger charge is 2.68. The molecule has 2 amide bonds. The second kappa shape index (κ2) is 9.12. The number of aromatic hydroxyl groups is 1. The Hall–Kier alpha value is -4.18. The number of aliphatic carboxylic acids is 1. The maximum absolute atomic E-state index is 13.8. The molecule has 4 atom stereocenters. The van der Waals surface area contributed by atoms with Gasteiger partial charge >= 0.3 is 5.97 Å². The maximum atomic E-state index is 13.8. The number of fused-ring (bicyclic) bond motifs is 1. The van der Waals surface area contributed by atoms with Gasteiger partial charge in [0.1, 0.15) is 5.54 Å². The van der Waals surface area contributed by atoms with Crippen LogP contribution in [0.3, 0.4) is 0 Å². The zero-order chi connectivity index (χ0) is 25.4. The van der Waals surface area contributed by atoms with Crippen LogP contribution in [-0.2, 0) is 27.3 Å². The van der Waals surface area contributed by atoms with E-state index in [2.05, 4.69) is 15.3 Å². The number of carbonyl (C=O) groups is 3. The first-order valence-electron chi connectivity index (χ1n) is 11.7. The number of carboxylic acid groups (broad SMARTS) is 1. The number of amides is 2. The highest BCUT2D eigenvalue weighted by atomic mass is 16.5. The smallest absolute Gasteiger partial charge is 0.325 e. The van der Waals surface area contributed by atoms with Crippen molar-refractivity contribution in [1.82, 2.24) is 20.2 Å². The molecule has 0 saturated carbocycles. The van der Waals surface area contributed by atoms with E-state index in [0.717, 1.165) is 10.5 Å². The van der Waals surface area contributed by atoms with Gasteiger partial charge in [0.25, 0.3) is 0 Å². The summed E-state index contributed by atoms with van der Waals surface area (Å²) < 4.78 is 5.51. The largest absolute Gasteiger partial charge is 0.504 e. The SMILES string of the molecule is CCOc1cccc([C@@H]2N[C@](Cc3cnc[nH]3)(C(=O)O)[C@H]3C(=O)N(Cc4ccccc4)C(=O)[C@@H]23)c1O. The third kappa shape index (κ3) is 3.70. The van der Waals surface area contributed by atoms with Crippen LogP contribution >= 0.6 is 0 Å². The summed E-state index contributed by atoms with van der Waals surface area (Å²) in [6.45, 7) is 2.11. The molecule has 0 spiro atoms. The molecule has 0 unspecified atom stereocenters. The van der Waals surface area contributed by atoms with E-state index in [-0.39, 0.29) is 24.5 Å². The molecule has 2 saturated heterocycles. The molecule has 10 nitrogen and oxygen atoms in total. The summed E-state index contributed by atoms with van der Waals surface area (Å²) in [5.74, 6) is -4.53. The molecule has 10 heteroatoms. The first-order chi connectivity index (χ1) is 17.4. The number of nitrogens with one attached hydrogen (secondary N) is 2. The quantitative estimate of drug-likeness (QED) is 0.351. The summed E-state index contributed by atoms with van der Waals surface area (Å²) in [6, 6.07) is 13.0. The van der Waals surface area contributed by atoms with Gasteiger partial charge in [-0.2, -0.15) is 0 Å². The number of aromatic nitrogens is 2. The Kier molecular flexibility index (Phi) is 5.97. The van der Waals surface area contributed by atoms with Crippen LogP contribution in [0.1, 0.15) is 29.8 Å². The van der Waals surface area contributed by atoms with Crippen LogP contribution in [0.25, 0.3) is 0 Å². The molecule has 1 aromatic heterocycles. The highest BCUT2D eigenvalue weighted by molar-refractivity contribution is 6.09. The summed E-state index contributed by atoms with van der Waals surface area (Å²) in [4.78, 5) is 48.4. The third-order valence-corrected chi connectivity index (χ3v) is 7.00. The molecule has 3 heterocycles. The van der Waals surface area contributed by atoms with E-state index in [0.29, 0.717) is 17.9 Å². The minimum absolute atomic E-state index is 0.0307. The van der Waals surface area contributed by atoms with Gasteiger partial charge in [0.2, 0.25) is 11.8 Å². The minimum Gasteiger partial charge on any atom is -0.504 e. The van der Waals surface area contributed by atoms with Crippen LogP contribution in [0.5, 0.6) is 11.5 Å². The molecule has 36 heavy (non-hydrogen) atoms. The summed E-state index contributed by atoms with van der Waals surface area (Å²) in [5, 5.41) is 24.6. The number of para-hydroxylation sites is 1. The molecule has 2 aliphatic rings. The number of imidazole rings is 1. The highest BCUT2D eigenvalue weighted by Crippen LogP contribution is 2.52. The number of rotatable bonds is 8. The van der Waals surface area contributed by atoms with Crippen LogP contribution in [0, 0.1) is 11.8 Å². The van der Waals surface area contributed by atoms with Crippen LogP contribution in [-0.4, -0.2) is 55.0 Å². The van der Waals surface area contributed by atoms with Gasteiger partial charge in [-0.25, -0.2) is 4.98 Å². The Bertz CT molecular complexity index is 1300. The zero-order valence-electron chi connectivity index (χ0n) is 19.5. The summed E-state index contributed by atoms with van der Waals surface area (Å²) in [6.07, 6.45) is 2.81. The number of phenolic OH excluding ortho intramolecular Hbond substituents is 1. The fourth-order valence-corrected chi connectivity index (χ4v) is 5.43. The number of H-pyrrole nitrogens is 1. The number of phenols is 1. The van der Waals surface area contributed by atoms with Gasteiger partial charge in [0.05, 0.1) is 31.3 Å². The van der Waals surface area contributed by atoms with Gasteiger partial charge in [0.15, 0.2) is 11.5 Å². The van der Waals surface area contributed by atoms with Crippen LogP contribution in [0.15, 0.2) is 61.1 Å². The van der Waals surface area contributed by atoms with Gasteiger partial charge in [-0.05, 0) is 18.6 Å². The number of carboxylic acids is 1. The second-order valence-electron chi connectivity index (χ2n) is 9.03. The van der Waals surface area contributed by atoms with E-state index in [1.54, 1.807) is 37.3 Å². The van der Waals surface area contributed by atoms with Crippen molar-refractivity contribution >= 4 is 17.8 Å². The standard InChI is InChI=1S/C26H26N4O6/c1-2-36-18-10-6-9-17(22(18)31)21-19-20(26(29-21,25(34)35)11-16-12-27-14-28-16)24(33)30(23(19)32)13-15-7-4-3-5-8-15/h3-10,12,14,19-21,29,31H,2,11,13H2,1H3,(H,27,28)(H,34,35)/t19-,20-,21+,26+/m1/s1. The molecule has 2 fully saturated rings. The average molecular weight is 491 g/mol. The van der Waals surface area contributed by atoms with Crippen molar-refractivity contribution in [3.05, 3.63) is 77.9 Å². The fraction of sp³-hybridized carbons (Fsp3) is 0.308. The third-order valence-electron chi connectivity index (χ3n) is 7.00. The normalized spacial score (nSPS) is 25.2. The number of hydrogen-bond acceptors (Lipinski definition) is 7. The molecule has 0 bridgehead atoms. The van der Waals surface area contributed by atoms with E-state index < -0.39 is 41.2 Å². The first-order valence-corrected chi connectivity index (χ1v) is 11.7. The molecule has 2 aliphatic heterocycles. The number of ether oxygens (including phenoxy) is 1. The molecule has 4 N–H and O–H groups in total. The summed E-state index contributed by atoms with van der Waals surface area (Å²) in [5.41, 5.74) is -0.266. The van der Waals surface area contributed by atoms with Gasteiger partial charge < -0.3 is 19.9 Å². The molecular weight excluding hydrogens is 464 g/mol. The number of carbonyl (C=O) groups excluding carboxylic acids is 2. The topological polar surface area (TPSA) is 145 Å². The molecule has 3 aromatic rings. The van der Waals surface area contributed by atoms with Gasteiger partial charge in [-0.3, -0.25) is 24.6 Å². The number of aromatic amines is 1. The Balaban J connectivity index is 1.62. The molecule has 0 radical (unpaired) electrons. The summed E-state index contributed by atoms with van der Waals surface area (Å²) >= 11 is 0. The van der Waals surface area contributed by atoms with E-state index in [1.165, 1.54) is 12.5 Å². The van der Waals surface area contributed by atoms with Crippen LogP contribution in [0.2, 0.25) is 0 Å². The number of hydrogen-bond donors (Lipinski definition) is 4.